The number of hydrogen-bond donors (Lipinski definition) is 0. The van der Waals surface area contributed by atoms with Crippen molar-refractivity contribution in [1.29, 1.82) is 0 Å². The quantitative estimate of drug-likeness (QED) is 0.520. The van der Waals surface area contributed by atoms with Gasteiger partial charge in [0, 0.05) is 13.3 Å². The van der Waals surface area contributed by atoms with Gasteiger partial charge in [0.05, 0.1) is 5.92 Å². The number of rotatable bonds is 1. The second-order valence-corrected chi connectivity index (χ2v) is 9.56. The van der Waals surface area contributed by atoms with Crippen LogP contribution < -0.4 is 0 Å². The summed E-state index contributed by atoms with van der Waals surface area (Å²) < 4.78 is 4.98. The summed E-state index contributed by atoms with van der Waals surface area (Å²) in [5.41, 5.74) is 1.50. The van der Waals surface area contributed by atoms with Crippen LogP contribution in [0.5, 0.6) is 0 Å². The molecule has 4 aliphatic rings. The fourth-order valence-corrected chi connectivity index (χ4v) is 7.16. The predicted octanol–water partition coefficient (Wildman–Crippen LogP) is 4.22. The molecule has 0 aromatic rings. The number of hydrogen-bond acceptors (Lipinski definition) is 4. The molecule has 4 nitrogen and oxygen atoms in total. The van der Waals surface area contributed by atoms with Gasteiger partial charge in [-0.1, -0.05) is 19.4 Å². The molecule has 142 valence electrons. The lowest BCUT2D eigenvalue weighted by molar-refractivity contribution is -0.165. The fraction of sp³-hybridized carbons (Fsp3) is 0.773. The van der Waals surface area contributed by atoms with Gasteiger partial charge < -0.3 is 4.74 Å². The maximum Gasteiger partial charge on any atom is 0.317 e. The summed E-state index contributed by atoms with van der Waals surface area (Å²) in [6.45, 7) is 5.94. The van der Waals surface area contributed by atoms with E-state index >= 15 is 0 Å². The van der Waals surface area contributed by atoms with Gasteiger partial charge in [0.25, 0.3) is 0 Å². The highest BCUT2D eigenvalue weighted by molar-refractivity contribution is 5.91. The first-order valence-electron chi connectivity index (χ1n) is 10.2. The van der Waals surface area contributed by atoms with Crippen molar-refractivity contribution in [3.05, 3.63) is 11.6 Å². The second-order valence-electron chi connectivity index (χ2n) is 9.56. The maximum absolute atomic E-state index is 12.5. The van der Waals surface area contributed by atoms with Gasteiger partial charge in [-0.25, -0.2) is 0 Å². The number of fused-ring (bicyclic) bond motifs is 5. The van der Waals surface area contributed by atoms with E-state index in [9.17, 15) is 14.4 Å². The number of ether oxygens (including phenoxy) is 1. The molecule has 0 saturated heterocycles. The Hall–Kier alpha value is -1.45. The molecule has 0 aliphatic heterocycles. The Morgan fingerprint density at radius 3 is 2.54 bits per heavy atom. The zero-order chi connectivity index (χ0) is 18.7. The molecule has 0 spiro atoms. The van der Waals surface area contributed by atoms with Crippen molar-refractivity contribution in [3.63, 3.8) is 0 Å². The van der Waals surface area contributed by atoms with Gasteiger partial charge in [-0.15, -0.1) is 0 Å². The van der Waals surface area contributed by atoms with Crippen LogP contribution in [-0.2, 0) is 19.1 Å². The molecule has 6 atom stereocenters. The van der Waals surface area contributed by atoms with Gasteiger partial charge in [-0.05, 0) is 79.6 Å². The molecule has 0 bridgehead atoms. The third-order valence-corrected chi connectivity index (χ3v) is 8.49. The lowest BCUT2D eigenvalue weighted by atomic mass is 9.47. The van der Waals surface area contributed by atoms with Crippen molar-refractivity contribution >= 4 is 17.7 Å². The normalized spacial score (nSPS) is 44.4. The summed E-state index contributed by atoms with van der Waals surface area (Å²) in [6.07, 6.45) is 9.80. The molecule has 0 aromatic heterocycles. The van der Waals surface area contributed by atoms with Gasteiger partial charge >= 0.3 is 11.9 Å². The van der Waals surface area contributed by atoms with Crippen LogP contribution in [0, 0.1) is 34.5 Å². The summed E-state index contributed by atoms with van der Waals surface area (Å²) in [5, 5.41) is 0. The molecule has 3 saturated carbocycles. The summed E-state index contributed by atoms with van der Waals surface area (Å²) in [4.78, 5) is 35.7. The topological polar surface area (TPSA) is 60.4 Å². The minimum absolute atomic E-state index is 0.0459. The van der Waals surface area contributed by atoms with Crippen molar-refractivity contribution in [2.24, 2.45) is 34.5 Å². The molecule has 0 N–H and O–H groups in total. The lowest BCUT2D eigenvalue weighted by Gasteiger charge is -2.57. The van der Waals surface area contributed by atoms with Crippen molar-refractivity contribution in [2.45, 2.75) is 72.1 Å². The van der Waals surface area contributed by atoms with Gasteiger partial charge in [0.15, 0.2) is 5.78 Å². The second kappa shape index (κ2) is 6.03. The molecular formula is C22H30O4. The Balaban J connectivity index is 1.60. The molecule has 4 heteroatoms. The smallest absolute Gasteiger partial charge is 0.317 e. The monoisotopic (exact) mass is 358 g/mol. The number of carbonyl (C=O) groups is 3. The van der Waals surface area contributed by atoms with Gasteiger partial charge in [0.2, 0.25) is 0 Å². The molecule has 0 radical (unpaired) electrons. The van der Waals surface area contributed by atoms with Crippen LogP contribution in [0.1, 0.15) is 72.1 Å². The molecule has 0 unspecified atom stereocenters. The van der Waals surface area contributed by atoms with Crippen LogP contribution >= 0.6 is 0 Å². The van der Waals surface area contributed by atoms with Crippen LogP contribution in [0.3, 0.4) is 0 Å². The third-order valence-electron chi connectivity index (χ3n) is 8.49. The summed E-state index contributed by atoms with van der Waals surface area (Å²) >= 11 is 0. The van der Waals surface area contributed by atoms with E-state index in [1.165, 1.54) is 12.5 Å². The standard InChI is InChI=1S/C22H30O4/c1-13(23)26-20(25)19-7-6-17-16-5-4-14-12-15(24)8-10-21(14,2)18(16)9-11-22(17,19)3/h12,16-19H,4-11H2,1-3H3/t16-,17-,18-,19+,21-,22+/m1/s1. The van der Waals surface area contributed by atoms with E-state index in [1.807, 2.05) is 6.08 Å². The Bertz CT molecular complexity index is 692. The van der Waals surface area contributed by atoms with Crippen molar-refractivity contribution in [1.82, 2.24) is 0 Å². The first-order valence-corrected chi connectivity index (χ1v) is 10.2. The number of carbonyl (C=O) groups excluding carboxylic acids is 3. The van der Waals surface area contributed by atoms with E-state index in [4.69, 9.17) is 4.74 Å². The van der Waals surface area contributed by atoms with E-state index in [0.717, 1.165) is 44.9 Å². The van der Waals surface area contributed by atoms with Crippen LogP contribution in [-0.4, -0.2) is 17.7 Å². The first kappa shape index (κ1) is 17.9. The zero-order valence-corrected chi connectivity index (χ0v) is 16.2. The van der Waals surface area contributed by atoms with Crippen LogP contribution in [0.2, 0.25) is 0 Å². The predicted molar refractivity (Wildman–Crippen MR) is 97.0 cm³/mol. The Morgan fingerprint density at radius 2 is 1.81 bits per heavy atom. The van der Waals surface area contributed by atoms with Crippen molar-refractivity contribution in [3.8, 4) is 0 Å². The molecule has 4 aliphatic carbocycles. The molecule has 0 amide bonds. The van der Waals surface area contributed by atoms with Gasteiger partial charge in [0.1, 0.15) is 0 Å². The van der Waals surface area contributed by atoms with Crippen molar-refractivity contribution < 1.29 is 19.1 Å². The van der Waals surface area contributed by atoms with E-state index in [0.29, 0.717) is 30.0 Å². The molecule has 0 aromatic carbocycles. The Labute approximate surface area is 155 Å². The minimum Gasteiger partial charge on any atom is -0.393 e. The van der Waals surface area contributed by atoms with Crippen LogP contribution in [0.4, 0.5) is 0 Å². The highest BCUT2D eigenvalue weighted by Gasteiger charge is 2.60. The number of esters is 2. The molecule has 4 rings (SSSR count). The zero-order valence-electron chi connectivity index (χ0n) is 16.2. The van der Waals surface area contributed by atoms with Crippen LogP contribution in [0.15, 0.2) is 11.6 Å². The summed E-state index contributed by atoms with van der Waals surface area (Å²) in [6, 6.07) is 0. The molecule has 0 heterocycles. The summed E-state index contributed by atoms with van der Waals surface area (Å²) in [5.74, 6) is 1.12. The SMILES string of the molecule is CC(=O)OC(=O)[C@@H]1CC[C@@H]2[C@H]3CCC4=CC(=O)CC[C@@]4(C)[C@@H]3CC[C@@]21C. The third kappa shape index (κ3) is 2.51. The van der Waals surface area contributed by atoms with E-state index in [-0.39, 0.29) is 22.7 Å². The number of allylic oxidation sites excluding steroid dienone is 1. The largest absolute Gasteiger partial charge is 0.393 e. The highest BCUT2D eigenvalue weighted by Crippen LogP contribution is 2.66. The molecular weight excluding hydrogens is 328 g/mol. The average Bonchev–Trinajstić information content (AvgIpc) is 2.92. The molecule has 26 heavy (non-hydrogen) atoms. The Kier molecular flexibility index (Phi) is 4.16. The first-order chi connectivity index (χ1) is 12.3. The highest BCUT2D eigenvalue weighted by atomic mass is 16.6. The van der Waals surface area contributed by atoms with Gasteiger partial charge in [-0.3, -0.25) is 14.4 Å². The summed E-state index contributed by atoms with van der Waals surface area (Å²) in [7, 11) is 0. The van der Waals surface area contributed by atoms with Crippen molar-refractivity contribution in [2.75, 3.05) is 0 Å². The molecule has 3 fully saturated rings. The minimum atomic E-state index is -0.498. The van der Waals surface area contributed by atoms with E-state index < -0.39 is 5.97 Å². The Morgan fingerprint density at radius 1 is 1.04 bits per heavy atom. The average molecular weight is 358 g/mol. The number of ketones is 1. The van der Waals surface area contributed by atoms with E-state index in [1.54, 1.807) is 0 Å². The van der Waals surface area contributed by atoms with E-state index in [2.05, 4.69) is 13.8 Å². The van der Waals surface area contributed by atoms with Gasteiger partial charge in [-0.2, -0.15) is 0 Å². The maximum atomic E-state index is 12.5. The lowest BCUT2D eigenvalue weighted by Crippen LogP contribution is -2.51. The fourth-order valence-electron chi connectivity index (χ4n) is 7.16. The van der Waals surface area contributed by atoms with Crippen LogP contribution in [0.25, 0.3) is 0 Å².